The summed E-state index contributed by atoms with van der Waals surface area (Å²) in [6, 6.07) is 3.45. The van der Waals surface area contributed by atoms with Gasteiger partial charge in [0.05, 0.1) is 12.7 Å². The molecule has 33 heavy (non-hydrogen) atoms. The number of aryl methyl sites for hydroxylation is 1. The number of hydrogen-bond donors (Lipinski definition) is 1. The fraction of sp³-hybridized carbons (Fsp3) is 0.364. The maximum Gasteiger partial charge on any atom is 0.339 e. The molecule has 1 N–H and O–H groups in total. The van der Waals surface area contributed by atoms with Crippen molar-refractivity contribution in [3.05, 3.63) is 57.4 Å². The number of carbonyl (C=O) groups excluding carboxylic acids is 1. The Labute approximate surface area is 195 Å². The van der Waals surface area contributed by atoms with Crippen molar-refractivity contribution in [2.45, 2.75) is 37.6 Å². The van der Waals surface area contributed by atoms with Gasteiger partial charge in [-0.05, 0) is 42.7 Å². The van der Waals surface area contributed by atoms with Crippen LogP contribution in [0.25, 0.3) is 0 Å². The van der Waals surface area contributed by atoms with Gasteiger partial charge in [-0.15, -0.1) is 0 Å². The summed E-state index contributed by atoms with van der Waals surface area (Å²) in [5.41, 5.74) is 0.978. The highest BCUT2D eigenvalue weighted by Gasteiger charge is 2.45. The van der Waals surface area contributed by atoms with Crippen molar-refractivity contribution in [1.82, 2.24) is 4.31 Å². The summed E-state index contributed by atoms with van der Waals surface area (Å²) in [7, 11) is -3.54. The van der Waals surface area contributed by atoms with E-state index in [2.05, 4.69) is 0 Å². The lowest BCUT2D eigenvalue weighted by molar-refractivity contribution is -0.142. The smallest absolute Gasteiger partial charge is 0.339 e. The molecule has 0 amide bonds. The SMILES string of the molecule is COC(=O)c1cc(Cl)cc2c1S(=O)(=O)N([C@H](C(=O)O)C(C)c1c(F)ccc(C)c1C)CCO2. The Morgan fingerprint density at radius 1 is 1.27 bits per heavy atom. The maximum atomic E-state index is 14.8. The van der Waals surface area contributed by atoms with E-state index in [1.807, 2.05) is 0 Å². The molecule has 11 heteroatoms. The number of rotatable bonds is 5. The van der Waals surface area contributed by atoms with Crippen molar-refractivity contribution in [2.24, 2.45) is 0 Å². The number of esters is 1. The molecular formula is C22H23ClFNO7S. The number of carbonyl (C=O) groups is 2. The largest absolute Gasteiger partial charge is 0.491 e. The molecule has 0 saturated carbocycles. The molecule has 1 aliphatic rings. The summed E-state index contributed by atoms with van der Waals surface area (Å²) >= 11 is 6.03. The average Bonchev–Trinajstić information content (AvgIpc) is 2.86. The molecule has 0 fully saturated rings. The van der Waals surface area contributed by atoms with Crippen LogP contribution in [0.3, 0.4) is 0 Å². The van der Waals surface area contributed by atoms with Crippen molar-refractivity contribution in [3.8, 4) is 5.75 Å². The third kappa shape index (κ3) is 4.42. The number of carboxylic acids is 1. The van der Waals surface area contributed by atoms with Gasteiger partial charge in [-0.1, -0.05) is 24.6 Å². The van der Waals surface area contributed by atoms with Crippen LogP contribution < -0.4 is 4.74 Å². The number of benzene rings is 2. The molecule has 1 aliphatic heterocycles. The van der Waals surface area contributed by atoms with Crippen LogP contribution >= 0.6 is 11.6 Å². The number of ether oxygens (including phenoxy) is 2. The second-order valence-electron chi connectivity index (χ2n) is 7.71. The third-order valence-electron chi connectivity index (χ3n) is 5.79. The van der Waals surface area contributed by atoms with Gasteiger partial charge in [0.25, 0.3) is 0 Å². The third-order valence-corrected chi connectivity index (χ3v) is 7.97. The van der Waals surface area contributed by atoms with Gasteiger partial charge in [-0.2, -0.15) is 4.31 Å². The molecule has 0 spiro atoms. The molecule has 0 aliphatic carbocycles. The van der Waals surface area contributed by atoms with E-state index in [0.29, 0.717) is 5.56 Å². The predicted molar refractivity (Wildman–Crippen MR) is 118 cm³/mol. The molecule has 2 atom stereocenters. The van der Waals surface area contributed by atoms with Crippen LogP contribution in [0.1, 0.15) is 39.9 Å². The molecule has 2 aromatic rings. The molecule has 0 bridgehead atoms. The first-order valence-electron chi connectivity index (χ1n) is 9.96. The van der Waals surface area contributed by atoms with E-state index in [-0.39, 0.29) is 35.1 Å². The lowest BCUT2D eigenvalue weighted by Gasteiger charge is -2.32. The Morgan fingerprint density at radius 3 is 2.55 bits per heavy atom. The standard InChI is InChI=1S/C22H23ClFNO7S/c1-11-5-6-16(24)18(12(11)2)13(3)19(21(26)27)25-7-8-32-17-10-14(23)9-15(22(28)31-4)20(17)33(25,29)30/h5-6,9-10,13,19H,7-8H2,1-4H3,(H,26,27)/t13?,19-/m0/s1. The highest BCUT2D eigenvalue weighted by molar-refractivity contribution is 7.89. The first-order valence-corrected chi connectivity index (χ1v) is 11.8. The second-order valence-corrected chi connectivity index (χ2v) is 9.97. The minimum Gasteiger partial charge on any atom is -0.491 e. The first kappa shape index (κ1) is 24.9. The quantitative estimate of drug-likeness (QED) is 0.626. The summed E-state index contributed by atoms with van der Waals surface area (Å²) in [6.45, 7) is 4.30. The van der Waals surface area contributed by atoms with E-state index < -0.39 is 44.6 Å². The van der Waals surface area contributed by atoms with Gasteiger partial charge < -0.3 is 14.6 Å². The molecule has 2 aromatic carbocycles. The number of halogens is 2. The van der Waals surface area contributed by atoms with Crippen LogP contribution in [0, 0.1) is 19.7 Å². The molecule has 0 aromatic heterocycles. The van der Waals surface area contributed by atoms with E-state index in [9.17, 15) is 27.5 Å². The van der Waals surface area contributed by atoms with E-state index in [1.165, 1.54) is 19.1 Å². The van der Waals surface area contributed by atoms with Crippen molar-refractivity contribution >= 4 is 33.6 Å². The zero-order chi connectivity index (χ0) is 24.7. The molecule has 1 heterocycles. The Morgan fingerprint density at radius 2 is 1.94 bits per heavy atom. The zero-order valence-electron chi connectivity index (χ0n) is 18.4. The Hall–Kier alpha value is -2.69. The van der Waals surface area contributed by atoms with E-state index in [0.717, 1.165) is 23.0 Å². The van der Waals surface area contributed by atoms with Gasteiger partial charge in [0.2, 0.25) is 10.0 Å². The van der Waals surface area contributed by atoms with Crippen LogP contribution in [0.5, 0.6) is 5.75 Å². The van der Waals surface area contributed by atoms with Gasteiger partial charge in [0.1, 0.15) is 29.1 Å². The highest BCUT2D eigenvalue weighted by Crippen LogP contribution is 2.39. The lowest BCUT2D eigenvalue weighted by atomic mass is 9.87. The van der Waals surface area contributed by atoms with E-state index in [1.54, 1.807) is 19.9 Å². The van der Waals surface area contributed by atoms with Crippen LogP contribution in [-0.2, 0) is 19.6 Å². The average molecular weight is 500 g/mol. The number of carboxylic acid groups (broad SMARTS) is 1. The molecule has 8 nitrogen and oxygen atoms in total. The highest BCUT2D eigenvalue weighted by atomic mass is 35.5. The molecule has 1 unspecified atom stereocenters. The predicted octanol–water partition coefficient (Wildman–Crippen LogP) is 3.52. The number of nitrogens with zero attached hydrogens (tertiary/aromatic N) is 1. The van der Waals surface area contributed by atoms with Gasteiger partial charge in [0.15, 0.2) is 0 Å². The fourth-order valence-electron chi connectivity index (χ4n) is 4.08. The van der Waals surface area contributed by atoms with Gasteiger partial charge in [-0.3, -0.25) is 4.79 Å². The Bertz CT molecular complexity index is 1230. The molecule has 0 radical (unpaired) electrons. The summed E-state index contributed by atoms with van der Waals surface area (Å²) in [5.74, 6) is -4.35. The number of hydrogen-bond acceptors (Lipinski definition) is 6. The van der Waals surface area contributed by atoms with Gasteiger partial charge >= 0.3 is 11.9 Å². The number of fused-ring (bicyclic) bond motifs is 1. The Balaban J connectivity index is 2.23. The van der Waals surface area contributed by atoms with Crippen molar-refractivity contribution in [2.75, 3.05) is 20.3 Å². The number of aliphatic carboxylic acids is 1. The van der Waals surface area contributed by atoms with Gasteiger partial charge in [0, 0.05) is 23.6 Å². The Kier molecular flexibility index (Phi) is 7.01. The van der Waals surface area contributed by atoms with Crippen LogP contribution in [-0.4, -0.2) is 56.1 Å². The van der Waals surface area contributed by atoms with Crippen LogP contribution in [0.4, 0.5) is 4.39 Å². The monoisotopic (exact) mass is 499 g/mol. The van der Waals surface area contributed by atoms with Crippen molar-refractivity contribution in [1.29, 1.82) is 0 Å². The van der Waals surface area contributed by atoms with Crippen LogP contribution in [0.2, 0.25) is 5.02 Å². The zero-order valence-corrected chi connectivity index (χ0v) is 20.0. The molecular weight excluding hydrogens is 477 g/mol. The van der Waals surface area contributed by atoms with E-state index in [4.69, 9.17) is 21.1 Å². The maximum absolute atomic E-state index is 14.8. The summed E-state index contributed by atoms with van der Waals surface area (Å²) in [5, 5.41) is 10.1. The topological polar surface area (TPSA) is 110 Å². The molecule has 178 valence electrons. The summed E-state index contributed by atoms with van der Waals surface area (Å²) in [4.78, 5) is 24.2. The number of sulfonamides is 1. The summed E-state index contributed by atoms with van der Waals surface area (Å²) in [6.07, 6.45) is 0. The molecule has 3 rings (SSSR count). The fourth-order valence-corrected chi connectivity index (χ4v) is 6.20. The normalized spacial score (nSPS) is 17.3. The van der Waals surface area contributed by atoms with Crippen molar-refractivity contribution < 1.29 is 37.0 Å². The minimum atomic E-state index is -4.61. The lowest BCUT2D eigenvalue weighted by Crippen LogP contribution is -2.49. The first-order chi connectivity index (χ1) is 15.4. The minimum absolute atomic E-state index is 0.0402. The summed E-state index contributed by atoms with van der Waals surface area (Å²) < 4.78 is 53.2. The van der Waals surface area contributed by atoms with Crippen molar-refractivity contribution in [3.63, 3.8) is 0 Å². The van der Waals surface area contributed by atoms with Gasteiger partial charge in [-0.25, -0.2) is 17.6 Å². The number of methoxy groups -OCH3 is 1. The second kappa shape index (κ2) is 9.28. The molecule has 0 saturated heterocycles. The van der Waals surface area contributed by atoms with E-state index >= 15 is 0 Å². The van der Waals surface area contributed by atoms with Crippen LogP contribution in [0.15, 0.2) is 29.2 Å².